The van der Waals surface area contributed by atoms with Crippen molar-refractivity contribution in [3.8, 4) is 0 Å². The fraction of sp³-hybridized carbons (Fsp3) is 0.667. The molecule has 1 saturated carbocycles. The molecule has 110 valence electrons. The molecule has 0 spiro atoms. The number of rotatable bonds is 6. The maximum atomic E-state index is 11.8. The van der Waals surface area contributed by atoms with E-state index in [1.54, 1.807) is 0 Å². The van der Waals surface area contributed by atoms with Gasteiger partial charge in [-0.25, -0.2) is 0 Å². The lowest BCUT2D eigenvalue weighted by Crippen LogP contribution is -2.39. The lowest BCUT2D eigenvalue weighted by atomic mass is 9.87. The molecule has 0 radical (unpaired) electrons. The molecule has 2 rings (SSSR count). The van der Waals surface area contributed by atoms with Crippen LogP contribution in [0.2, 0.25) is 0 Å². The van der Waals surface area contributed by atoms with Crippen LogP contribution in [0.3, 0.4) is 0 Å². The zero-order valence-corrected chi connectivity index (χ0v) is 11.1. The van der Waals surface area contributed by atoms with Gasteiger partial charge in [0.15, 0.2) is 0 Å². The fourth-order valence-electron chi connectivity index (χ4n) is 2.54. The first kappa shape index (κ1) is 14.4. The van der Waals surface area contributed by atoms with E-state index in [9.17, 15) is 20.0 Å². The maximum absolute atomic E-state index is 11.8. The zero-order chi connectivity index (χ0) is 14.6. The highest BCUT2D eigenvalue weighted by molar-refractivity contribution is 5.75. The van der Waals surface area contributed by atoms with Gasteiger partial charge in [0.2, 0.25) is 5.91 Å². The second kappa shape index (κ2) is 6.00. The number of hydrogen-bond donors (Lipinski definition) is 2. The van der Waals surface area contributed by atoms with Crippen molar-refractivity contribution in [1.82, 2.24) is 15.1 Å². The van der Waals surface area contributed by atoms with Gasteiger partial charge in [-0.15, -0.1) is 0 Å². The average molecular weight is 282 g/mol. The van der Waals surface area contributed by atoms with Crippen LogP contribution in [-0.2, 0) is 11.3 Å². The second-order valence-electron chi connectivity index (χ2n) is 5.30. The maximum Gasteiger partial charge on any atom is 0.307 e. The minimum atomic E-state index is -0.555. The Labute approximate surface area is 115 Å². The van der Waals surface area contributed by atoms with E-state index >= 15 is 0 Å². The number of nitrogens with one attached hydrogen (secondary N) is 1. The molecule has 0 bridgehead atoms. The van der Waals surface area contributed by atoms with Crippen LogP contribution in [0.5, 0.6) is 0 Å². The molecular formula is C12H18N4O4. The van der Waals surface area contributed by atoms with Crippen molar-refractivity contribution in [2.45, 2.75) is 32.2 Å². The van der Waals surface area contributed by atoms with E-state index in [4.69, 9.17) is 0 Å². The van der Waals surface area contributed by atoms with Crippen LogP contribution in [0, 0.1) is 15.5 Å². The molecule has 8 heteroatoms. The first-order valence-corrected chi connectivity index (χ1v) is 6.59. The van der Waals surface area contributed by atoms with Crippen molar-refractivity contribution in [3.63, 3.8) is 0 Å². The largest absolute Gasteiger partial charge is 0.396 e. The summed E-state index contributed by atoms with van der Waals surface area (Å²) in [5.41, 5.74) is -0.341. The summed E-state index contributed by atoms with van der Waals surface area (Å²) >= 11 is 0. The summed E-state index contributed by atoms with van der Waals surface area (Å²) in [5.74, 6) is -0.261. The number of nitro groups is 1. The summed E-state index contributed by atoms with van der Waals surface area (Å²) in [6.07, 6.45) is 6.30. The first-order chi connectivity index (χ1) is 9.54. The van der Waals surface area contributed by atoms with Crippen molar-refractivity contribution in [2.75, 3.05) is 13.2 Å². The number of carbonyl (C=O) groups is 1. The van der Waals surface area contributed by atoms with E-state index in [0.29, 0.717) is 6.54 Å². The van der Waals surface area contributed by atoms with Crippen LogP contribution in [0.15, 0.2) is 12.4 Å². The third kappa shape index (κ3) is 3.32. The number of nitrogens with zero attached hydrogens (tertiary/aromatic N) is 3. The van der Waals surface area contributed by atoms with Crippen molar-refractivity contribution in [2.24, 2.45) is 5.41 Å². The summed E-state index contributed by atoms with van der Waals surface area (Å²) < 4.78 is 1.23. The highest BCUT2D eigenvalue weighted by atomic mass is 16.6. The SMILES string of the molecule is O=C(Cn1cc([N+](=O)[O-])cn1)NCC1(CO)CCCC1. The number of aromatic nitrogens is 2. The van der Waals surface area contributed by atoms with Gasteiger partial charge >= 0.3 is 5.69 Å². The Balaban J connectivity index is 1.84. The molecule has 0 atom stereocenters. The van der Waals surface area contributed by atoms with Crippen LogP contribution < -0.4 is 5.32 Å². The van der Waals surface area contributed by atoms with E-state index in [0.717, 1.165) is 31.9 Å². The topological polar surface area (TPSA) is 110 Å². The van der Waals surface area contributed by atoms with Gasteiger partial charge in [-0.3, -0.25) is 19.6 Å². The van der Waals surface area contributed by atoms with E-state index in [1.807, 2.05) is 0 Å². The van der Waals surface area contributed by atoms with Gasteiger partial charge in [0.05, 0.1) is 11.5 Å². The van der Waals surface area contributed by atoms with Gasteiger partial charge in [0.25, 0.3) is 0 Å². The summed E-state index contributed by atoms with van der Waals surface area (Å²) in [7, 11) is 0. The third-order valence-corrected chi connectivity index (χ3v) is 3.80. The Bertz CT molecular complexity index is 493. The lowest BCUT2D eigenvalue weighted by molar-refractivity contribution is -0.385. The molecule has 20 heavy (non-hydrogen) atoms. The third-order valence-electron chi connectivity index (χ3n) is 3.80. The van der Waals surface area contributed by atoms with E-state index < -0.39 is 4.92 Å². The van der Waals surface area contributed by atoms with Crippen LogP contribution in [0.4, 0.5) is 5.69 Å². The van der Waals surface area contributed by atoms with Gasteiger partial charge in [-0.1, -0.05) is 12.8 Å². The predicted molar refractivity (Wildman–Crippen MR) is 69.9 cm³/mol. The van der Waals surface area contributed by atoms with Crippen molar-refractivity contribution < 1.29 is 14.8 Å². The molecule has 1 aliphatic carbocycles. The number of aliphatic hydroxyl groups is 1. The normalized spacial score (nSPS) is 17.1. The van der Waals surface area contributed by atoms with Gasteiger partial charge < -0.3 is 10.4 Å². The highest BCUT2D eigenvalue weighted by Gasteiger charge is 2.33. The van der Waals surface area contributed by atoms with E-state index in [2.05, 4.69) is 10.4 Å². The standard InChI is InChI=1S/C12H18N4O4/c17-9-12(3-1-2-4-12)8-13-11(18)7-15-6-10(5-14-15)16(19)20/h5-6,17H,1-4,7-9H2,(H,13,18). The number of amides is 1. The first-order valence-electron chi connectivity index (χ1n) is 6.59. The van der Waals surface area contributed by atoms with Crippen LogP contribution >= 0.6 is 0 Å². The van der Waals surface area contributed by atoms with E-state index in [1.165, 1.54) is 10.9 Å². The van der Waals surface area contributed by atoms with Gasteiger partial charge in [0.1, 0.15) is 18.9 Å². The molecule has 1 amide bonds. The number of carbonyl (C=O) groups excluding carboxylic acids is 1. The average Bonchev–Trinajstić information content (AvgIpc) is 3.06. The Morgan fingerprint density at radius 1 is 1.55 bits per heavy atom. The van der Waals surface area contributed by atoms with Crippen molar-refractivity contribution >= 4 is 11.6 Å². The molecule has 2 N–H and O–H groups in total. The summed E-state index contributed by atoms with van der Waals surface area (Å²) in [6, 6.07) is 0. The minimum Gasteiger partial charge on any atom is -0.396 e. The second-order valence-corrected chi connectivity index (χ2v) is 5.30. The zero-order valence-electron chi connectivity index (χ0n) is 11.1. The lowest BCUT2D eigenvalue weighted by Gasteiger charge is -2.26. The molecule has 8 nitrogen and oxygen atoms in total. The molecule has 0 unspecified atom stereocenters. The van der Waals surface area contributed by atoms with Crippen LogP contribution in [0.1, 0.15) is 25.7 Å². The predicted octanol–water partition coefficient (Wildman–Crippen LogP) is 0.460. The van der Waals surface area contributed by atoms with Crippen LogP contribution in [0.25, 0.3) is 0 Å². The summed E-state index contributed by atoms with van der Waals surface area (Å²) in [4.78, 5) is 21.7. The summed E-state index contributed by atoms with van der Waals surface area (Å²) in [5, 5.41) is 26.5. The Morgan fingerprint density at radius 3 is 2.80 bits per heavy atom. The monoisotopic (exact) mass is 282 g/mol. The van der Waals surface area contributed by atoms with Gasteiger partial charge in [-0.2, -0.15) is 5.10 Å². The quantitative estimate of drug-likeness (QED) is 0.581. The Morgan fingerprint density at radius 2 is 2.25 bits per heavy atom. The van der Waals surface area contributed by atoms with Gasteiger partial charge in [0, 0.05) is 12.0 Å². The fourth-order valence-corrected chi connectivity index (χ4v) is 2.54. The molecular weight excluding hydrogens is 264 g/mol. The van der Waals surface area contributed by atoms with Crippen molar-refractivity contribution in [1.29, 1.82) is 0 Å². The van der Waals surface area contributed by atoms with Crippen LogP contribution in [-0.4, -0.2) is 38.9 Å². The molecule has 0 saturated heterocycles. The highest BCUT2D eigenvalue weighted by Crippen LogP contribution is 2.36. The summed E-state index contributed by atoms with van der Waals surface area (Å²) in [6.45, 7) is 0.446. The number of aliphatic hydroxyl groups excluding tert-OH is 1. The Hall–Kier alpha value is -1.96. The Kier molecular flexibility index (Phi) is 4.33. The van der Waals surface area contributed by atoms with E-state index in [-0.39, 0.29) is 30.2 Å². The van der Waals surface area contributed by atoms with Gasteiger partial charge in [-0.05, 0) is 12.8 Å². The molecule has 0 aromatic carbocycles. The van der Waals surface area contributed by atoms with Crippen molar-refractivity contribution in [3.05, 3.63) is 22.5 Å². The smallest absolute Gasteiger partial charge is 0.307 e. The molecule has 1 heterocycles. The molecule has 1 aliphatic rings. The molecule has 1 aromatic rings. The number of hydrogen-bond acceptors (Lipinski definition) is 5. The molecule has 0 aliphatic heterocycles. The molecule has 1 fully saturated rings. The molecule has 1 aromatic heterocycles. The minimum absolute atomic E-state index is 0.0602.